The molecule has 2 aliphatic heterocycles. The maximum Gasteiger partial charge on any atom is 0.304 e. The van der Waals surface area contributed by atoms with Crippen molar-refractivity contribution in [2.75, 3.05) is 5.75 Å². The molecule has 0 spiro atoms. The van der Waals surface area contributed by atoms with Crippen LogP contribution in [0.25, 0.3) is 0 Å². The van der Waals surface area contributed by atoms with Gasteiger partial charge in [0, 0.05) is 16.0 Å². The number of aliphatic carboxylic acids is 1. The van der Waals surface area contributed by atoms with E-state index < -0.39 is 38.6 Å². The second-order valence-electron chi connectivity index (χ2n) is 10.6. The Labute approximate surface area is 229 Å². The summed E-state index contributed by atoms with van der Waals surface area (Å²) in [4.78, 5) is 27.7. The molecule has 6 nitrogen and oxygen atoms in total. The smallest absolute Gasteiger partial charge is 0.304 e. The van der Waals surface area contributed by atoms with Crippen LogP contribution in [-0.4, -0.2) is 53.4 Å². The molecule has 202 valence electrons. The van der Waals surface area contributed by atoms with Crippen molar-refractivity contribution >= 4 is 44.9 Å². The van der Waals surface area contributed by atoms with Crippen LogP contribution < -0.4 is 0 Å². The summed E-state index contributed by atoms with van der Waals surface area (Å²) in [5, 5.41) is 10.2. The number of fused-ring (bicyclic) bond motifs is 1. The Morgan fingerprint density at radius 3 is 2.57 bits per heavy atom. The molecule has 2 aliphatic rings. The molecule has 1 aromatic carbocycles. The SMILES string of the molecule is C/C=C(Cl)\C=C/C1=CC(C)[C@@H](CS(=O)(=O)C(C)C)N2C(=O)[C@@](C)(CC(=O)O)C[C@H](c3cccc(Cl)c3)[C@@H]12. The Balaban J connectivity index is 2.27. The number of amides is 1. The van der Waals surface area contributed by atoms with Crippen LogP contribution in [0.4, 0.5) is 0 Å². The summed E-state index contributed by atoms with van der Waals surface area (Å²) in [6.45, 7) is 8.64. The maximum absolute atomic E-state index is 14.2. The monoisotopic (exact) mass is 567 g/mol. The number of rotatable bonds is 8. The predicted molar refractivity (Wildman–Crippen MR) is 149 cm³/mol. The highest BCUT2D eigenvalue weighted by molar-refractivity contribution is 7.92. The Morgan fingerprint density at radius 1 is 1.32 bits per heavy atom. The van der Waals surface area contributed by atoms with Gasteiger partial charge in [0.15, 0.2) is 9.84 Å². The maximum atomic E-state index is 14.2. The zero-order valence-corrected chi connectivity index (χ0v) is 24.1. The molecule has 1 unspecified atom stereocenters. The molecule has 0 aliphatic carbocycles. The summed E-state index contributed by atoms with van der Waals surface area (Å²) in [6.07, 6.45) is 7.32. The predicted octanol–water partition coefficient (Wildman–Crippen LogP) is 5.97. The molecule has 37 heavy (non-hydrogen) atoms. The van der Waals surface area contributed by atoms with Crippen molar-refractivity contribution in [1.82, 2.24) is 4.90 Å². The van der Waals surface area contributed by atoms with E-state index in [1.165, 1.54) is 0 Å². The second kappa shape index (κ2) is 11.3. The van der Waals surface area contributed by atoms with Crippen LogP contribution in [0, 0.1) is 11.3 Å². The van der Waals surface area contributed by atoms with Crippen molar-refractivity contribution in [1.29, 1.82) is 0 Å². The van der Waals surface area contributed by atoms with E-state index in [-0.39, 0.29) is 36.3 Å². The van der Waals surface area contributed by atoms with Gasteiger partial charge in [0.25, 0.3) is 0 Å². The molecule has 1 aromatic rings. The Hall–Kier alpha value is -2.09. The summed E-state index contributed by atoms with van der Waals surface area (Å²) in [5.74, 6) is -2.22. The van der Waals surface area contributed by atoms with Gasteiger partial charge in [-0.15, -0.1) is 0 Å². The molecule has 2 heterocycles. The van der Waals surface area contributed by atoms with Crippen LogP contribution in [-0.2, 0) is 19.4 Å². The third-order valence-corrected chi connectivity index (χ3v) is 10.3. The van der Waals surface area contributed by atoms with Gasteiger partial charge in [-0.25, -0.2) is 8.42 Å². The average Bonchev–Trinajstić information content (AvgIpc) is 2.80. The van der Waals surface area contributed by atoms with Gasteiger partial charge in [-0.05, 0) is 62.5 Å². The quantitative estimate of drug-likeness (QED) is 0.390. The van der Waals surface area contributed by atoms with Gasteiger partial charge in [-0.2, -0.15) is 0 Å². The fraction of sp³-hybridized carbons (Fsp3) is 0.500. The molecule has 1 saturated heterocycles. The number of piperidine rings is 1. The summed E-state index contributed by atoms with van der Waals surface area (Å²) in [6, 6.07) is 6.19. The first-order valence-corrected chi connectivity index (χ1v) is 14.9. The van der Waals surface area contributed by atoms with Crippen molar-refractivity contribution in [3.8, 4) is 0 Å². The summed E-state index contributed by atoms with van der Waals surface area (Å²) < 4.78 is 26.2. The van der Waals surface area contributed by atoms with Crippen LogP contribution in [0.3, 0.4) is 0 Å². The van der Waals surface area contributed by atoms with Crippen molar-refractivity contribution in [2.45, 2.75) is 70.7 Å². The number of hydrogen-bond donors (Lipinski definition) is 1. The zero-order chi connectivity index (χ0) is 27.7. The Morgan fingerprint density at radius 2 is 2.00 bits per heavy atom. The van der Waals surface area contributed by atoms with Gasteiger partial charge in [0.05, 0.1) is 34.9 Å². The number of carboxylic acid groups (broad SMARTS) is 1. The standard InChI is InChI=1S/C28H35Cl2NO5S/c1-6-21(29)11-10-20-12-18(4)24(16-37(35,36)17(2)3)31-26(20)23(19-8-7-9-22(30)13-19)14-28(5,27(31)34)15-25(32)33/h6-13,17-18,23-24,26H,14-16H2,1-5H3,(H,32,33)/b11-10-,21-6+/t18?,23-,24-,26-,28-/m1/s1. The molecule has 9 heteroatoms. The average molecular weight is 569 g/mol. The molecular weight excluding hydrogens is 533 g/mol. The number of sulfone groups is 1. The van der Waals surface area contributed by atoms with Gasteiger partial charge in [0.2, 0.25) is 5.91 Å². The third kappa shape index (κ3) is 6.32. The van der Waals surface area contributed by atoms with Gasteiger partial charge < -0.3 is 10.0 Å². The van der Waals surface area contributed by atoms with E-state index in [4.69, 9.17) is 23.2 Å². The number of nitrogens with zero attached hydrogens (tertiary/aromatic N) is 1. The van der Waals surface area contributed by atoms with Gasteiger partial charge in [0.1, 0.15) is 0 Å². The van der Waals surface area contributed by atoms with E-state index in [0.717, 1.165) is 11.1 Å². The largest absolute Gasteiger partial charge is 0.481 e. The van der Waals surface area contributed by atoms with Crippen LogP contribution in [0.5, 0.6) is 0 Å². The molecule has 1 amide bonds. The highest BCUT2D eigenvalue weighted by atomic mass is 35.5. The first-order valence-electron chi connectivity index (χ1n) is 12.4. The van der Waals surface area contributed by atoms with Gasteiger partial charge >= 0.3 is 5.97 Å². The van der Waals surface area contributed by atoms with Crippen molar-refractivity contribution in [3.63, 3.8) is 0 Å². The molecule has 0 aromatic heterocycles. The van der Waals surface area contributed by atoms with E-state index in [1.807, 2.05) is 44.2 Å². The number of allylic oxidation sites excluding steroid dienone is 3. The number of halogens is 2. The fourth-order valence-corrected chi connectivity index (χ4v) is 7.03. The summed E-state index contributed by atoms with van der Waals surface area (Å²) in [7, 11) is -3.51. The highest BCUT2D eigenvalue weighted by Crippen LogP contribution is 2.50. The van der Waals surface area contributed by atoms with Gasteiger partial charge in [-0.3, -0.25) is 9.59 Å². The molecule has 1 N–H and O–H groups in total. The van der Waals surface area contributed by atoms with Crippen LogP contribution in [0.1, 0.15) is 58.9 Å². The minimum absolute atomic E-state index is 0.206. The molecular formula is C28H35Cl2NO5S. The lowest BCUT2D eigenvalue weighted by Gasteiger charge is -2.55. The molecule has 1 fully saturated rings. The molecule has 0 saturated carbocycles. The van der Waals surface area contributed by atoms with E-state index in [0.29, 0.717) is 10.1 Å². The summed E-state index contributed by atoms with van der Waals surface area (Å²) >= 11 is 12.6. The lowest BCUT2D eigenvalue weighted by Crippen LogP contribution is -2.64. The first-order chi connectivity index (χ1) is 17.2. The van der Waals surface area contributed by atoms with E-state index in [9.17, 15) is 23.1 Å². The zero-order valence-electron chi connectivity index (χ0n) is 21.8. The summed E-state index contributed by atoms with van der Waals surface area (Å²) in [5.41, 5.74) is 0.478. The minimum Gasteiger partial charge on any atom is -0.481 e. The molecule has 0 radical (unpaired) electrons. The van der Waals surface area contributed by atoms with E-state index in [1.54, 1.807) is 43.9 Å². The lowest BCUT2D eigenvalue weighted by molar-refractivity contribution is -0.159. The van der Waals surface area contributed by atoms with Crippen molar-refractivity contribution < 1.29 is 23.1 Å². The lowest BCUT2D eigenvalue weighted by atomic mass is 9.65. The molecule has 5 atom stereocenters. The Kier molecular flexibility index (Phi) is 9.03. The Bertz CT molecular complexity index is 1250. The van der Waals surface area contributed by atoms with E-state index >= 15 is 0 Å². The molecule has 3 rings (SSSR count). The fourth-order valence-electron chi connectivity index (χ4n) is 5.44. The van der Waals surface area contributed by atoms with Gasteiger partial charge in [-0.1, -0.05) is 67.4 Å². The number of benzene rings is 1. The van der Waals surface area contributed by atoms with Crippen LogP contribution >= 0.6 is 23.2 Å². The highest BCUT2D eigenvalue weighted by Gasteiger charge is 2.55. The van der Waals surface area contributed by atoms with Crippen molar-refractivity contribution in [3.05, 3.63) is 69.8 Å². The number of hydrogen-bond acceptors (Lipinski definition) is 4. The minimum atomic E-state index is -3.51. The van der Waals surface area contributed by atoms with Crippen LogP contribution in [0.2, 0.25) is 5.02 Å². The number of carboxylic acids is 1. The van der Waals surface area contributed by atoms with Crippen molar-refractivity contribution in [2.24, 2.45) is 11.3 Å². The first kappa shape index (κ1) is 29.5. The molecule has 0 bridgehead atoms. The topological polar surface area (TPSA) is 91.8 Å². The number of carbonyl (C=O) groups is 2. The third-order valence-electron chi connectivity index (χ3n) is 7.51. The van der Waals surface area contributed by atoms with Crippen LogP contribution in [0.15, 0.2) is 59.2 Å². The normalized spacial score (nSPS) is 29.0. The second-order valence-corrected chi connectivity index (χ2v) is 14.1. The number of carbonyl (C=O) groups excluding carboxylic acids is 1. The van der Waals surface area contributed by atoms with E-state index in [2.05, 4.69) is 0 Å².